The smallest absolute Gasteiger partial charge is 0.286 e. The van der Waals surface area contributed by atoms with E-state index in [0.29, 0.717) is 24.0 Å². The summed E-state index contributed by atoms with van der Waals surface area (Å²) in [5, 5.41) is 0. The van der Waals surface area contributed by atoms with E-state index in [1.807, 2.05) is 12.1 Å². The number of amides is 2. The SMILES string of the molecule is C[C@H]1C[C@@H]1c1ccc(CCC(=O)NNC(=O)c2cc(Br)c[nH]2)o1. The van der Waals surface area contributed by atoms with Crippen LogP contribution in [0.25, 0.3) is 0 Å². The summed E-state index contributed by atoms with van der Waals surface area (Å²) < 4.78 is 6.52. The van der Waals surface area contributed by atoms with Crippen LogP contribution in [-0.2, 0) is 11.2 Å². The molecule has 2 aromatic rings. The number of hydrogen-bond acceptors (Lipinski definition) is 3. The highest BCUT2D eigenvalue weighted by atomic mass is 79.9. The zero-order valence-corrected chi connectivity index (χ0v) is 14.3. The molecule has 0 radical (unpaired) electrons. The standard InChI is InChI=1S/C16H18BrN3O3/c1-9-6-12(9)14-4-2-11(23-14)3-5-15(21)19-20-16(22)13-7-10(17)8-18-13/h2,4,7-9,12,18H,3,5-6H2,1H3,(H,19,21)(H,20,22)/t9-,12-/m0/s1. The number of aromatic nitrogens is 1. The van der Waals surface area contributed by atoms with Gasteiger partial charge in [-0.1, -0.05) is 6.92 Å². The summed E-state index contributed by atoms with van der Waals surface area (Å²) in [7, 11) is 0. The van der Waals surface area contributed by atoms with Gasteiger partial charge in [-0.2, -0.15) is 0 Å². The first-order valence-corrected chi connectivity index (χ1v) is 8.34. The third kappa shape index (κ3) is 4.04. The van der Waals surface area contributed by atoms with Crippen LogP contribution in [0.2, 0.25) is 0 Å². The van der Waals surface area contributed by atoms with Gasteiger partial charge in [-0.25, -0.2) is 0 Å². The summed E-state index contributed by atoms with van der Waals surface area (Å²) in [5.74, 6) is 2.39. The number of nitrogens with one attached hydrogen (secondary N) is 3. The van der Waals surface area contributed by atoms with Gasteiger partial charge in [0.1, 0.15) is 17.2 Å². The van der Waals surface area contributed by atoms with E-state index in [2.05, 4.69) is 38.7 Å². The first kappa shape index (κ1) is 15.9. The minimum Gasteiger partial charge on any atom is -0.466 e. The topological polar surface area (TPSA) is 87.1 Å². The molecule has 1 saturated carbocycles. The average molecular weight is 380 g/mol. The second-order valence-electron chi connectivity index (χ2n) is 5.86. The van der Waals surface area contributed by atoms with Gasteiger partial charge in [0.05, 0.1) is 0 Å². The Morgan fingerprint density at radius 2 is 2.17 bits per heavy atom. The van der Waals surface area contributed by atoms with E-state index in [4.69, 9.17) is 4.42 Å². The molecule has 7 heteroatoms. The maximum absolute atomic E-state index is 11.8. The van der Waals surface area contributed by atoms with E-state index in [1.54, 1.807) is 12.3 Å². The van der Waals surface area contributed by atoms with Crippen molar-refractivity contribution >= 4 is 27.7 Å². The normalized spacial score (nSPS) is 19.4. The second kappa shape index (κ2) is 6.62. The summed E-state index contributed by atoms with van der Waals surface area (Å²) >= 11 is 3.24. The number of hydrazine groups is 1. The molecule has 0 aliphatic heterocycles. The van der Waals surface area contributed by atoms with Gasteiger partial charge in [0.2, 0.25) is 5.91 Å². The van der Waals surface area contributed by atoms with Crippen molar-refractivity contribution in [1.82, 2.24) is 15.8 Å². The summed E-state index contributed by atoms with van der Waals surface area (Å²) in [6.45, 7) is 2.20. The average Bonchev–Trinajstić information content (AvgIpc) is 2.94. The van der Waals surface area contributed by atoms with Crippen molar-refractivity contribution in [3.8, 4) is 0 Å². The van der Waals surface area contributed by atoms with Crippen LogP contribution in [0.3, 0.4) is 0 Å². The van der Waals surface area contributed by atoms with Crippen LogP contribution in [0, 0.1) is 5.92 Å². The molecule has 0 aromatic carbocycles. The molecule has 3 N–H and O–H groups in total. The van der Waals surface area contributed by atoms with Crippen LogP contribution in [0.1, 0.15) is 47.7 Å². The summed E-state index contributed by atoms with van der Waals surface area (Å²) in [4.78, 5) is 26.3. The molecule has 1 aliphatic carbocycles. The number of hydrogen-bond donors (Lipinski definition) is 3. The van der Waals surface area contributed by atoms with Gasteiger partial charge in [-0.05, 0) is 46.5 Å². The number of rotatable bonds is 5. The van der Waals surface area contributed by atoms with Gasteiger partial charge in [0.15, 0.2) is 0 Å². The lowest BCUT2D eigenvalue weighted by molar-refractivity contribution is -0.121. The summed E-state index contributed by atoms with van der Waals surface area (Å²) in [6, 6.07) is 5.54. The highest BCUT2D eigenvalue weighted by molar-refractivity contribution is 9.10. The molecule has 0 bridgehead atoms. The van der Waals surface area contributed by atoms with Crippen LogP contribution in [-0.4, -0.2) is 16.8 Å². The van der Waals surface area contributed by atoms with Gasteiger partial charge in [0.25, 0.3) is 5.91 Å². The maximum Gasteiger partial charge on any atom is 0.286 e. The quantitative estimate of drug-likeness (QED) is 0.697. The second-order valence-corrected chi connectivity index (χ2v) is 6.77. The van der Waals surface area contributed by atoms with E-state index in [0.717, 1.165) is 16.0 Å². The fourth-order valence-electron chi connectivity index (χ4n) is 2.44. The number of H-pyrrole nitrogens is 1. The first-order chi connectivity index (χ1) is 11.0. The van der Waals surface area contributed by atoms with Crippen molar-refractivity contribution in [2.45, 2.75) is 32.1 Å². The van der Waals surface area contributed by atoms with E-state index in [9.17, 15) is 9.59 Å². The molecule has 3 rings (SSSR count). The molecule has 2 amide bonds. The van der Waals surface area contributed by atoms with Gasteiger partial charge in [-0.15, -0.1) is 0 Å². The van der Waals surface area contributed by atoms with Crippen LogP contribution >= 0.6 is 15.9 Å². The minimum atomic E-state index is -0.396. The molecule has 0 spiro atoms. The van der Waals surface area contributed by atoms with E-state index in [1.165, 1.54) is 6.42 Å². The molecule has 0 saturated heterocycles. The van der Waals surface area contributed by atoms with Crippen molar-refractivity contribution in [1.29, 1.82) is 0 Å². The monoisotopic (exact) mass is 379 g/mol. The highest BCUT2D eigenvalue weighted by Gasteiger charge is 2.36. The largest absolute Gasteiger partial charge is 0.466 e. The molecule has 23 heavy (non-hydrogen) atoms. The predicted octanol–water partition coefficient (Wildman–Crippen LogP) is 2.89. The number of halogens is 1. The van der Waals surface area contributed by atoms with E-state index < -0.39 is 5.91 Å². The van der Waals surface area contributed by atoms with E-state index >= 15 is 0 Å². The van der Waals surface area contributed by atoms with Crippen molar-refractivity contribution < 1.29 is 14.0 Å². The Hall–Kier alpha value is -2.02. The Labute approximate surface area is 142 Å². The number of aryl methyl sites for hydroxylation is 1. The lowest BCUT2D eigenvalue weighted by atomic mass is 10.2. The zero-order valence-electron chi connectivity index (χ0n) is 12.7. The Balaban J connectivity index is 1.41. The van der Waals surface area contributed by atoms with Crippen molar-refractivity contribution in [2.24, 2.45) is 5.92 Å². The molecule has 122 valence electrons. The van der Waals surface area contributed by atoms with Crippen LogP contribution < -0.4 is 10.9 Å². The van der Waals surface area contributed by atoms with Gasteiger partial charge >= 0.3 is 0 Å². The summed E-state index contributed by atoms with van der Waals surface area (Å²) in [6.07, 6.45) is 3.58. The number of aromatic amines is 1. The maximum atomic E-state index is 11.8. The van der Waals surface area contributed by atoms with Gasteiger partial charge in [-0.3, -0.25) is 20.4 Å². The third-order valence-electron chi connectivity index (χ3n) is 3.96. The zero-order chi connectivity index (χ0) is 16.4. The van der Waals surface area contributed by atoms with Gasteiger partial charge < -0.3 is 9.40 Å². The molecule has 1 fully saturated rings. The Kier molecular flexibility index (Phi) is 4.56. The first-order valence-electron chi connectivity index (χ1n) is 7.54. The molecule has 1 aliphatic rings. The predicted molar refractivity (Wildman–Crippen MR) is 87.7 cm³/mol. The fourth-order valence-corrected chi connectivity index (χ4v) is 2.78. The lowest BCUT2D eigenvalue weighted by Crippen LogP contribution is -2.41. The molecule has 2 aromatic heterocycles. The molecular formula is C16H18BrN3O3. The van der Waals surface area contributed by atoms with E-state index in [-0.39, 0.29) is 12.3 Å². The molecule has 6 nitrogen and oxygen atoms in total. The van der Waals surface area contributed by atoms with Crippen molar-refractivity contribution in [3.63, 3.8) is 0 Å². The lowest BCUT2D eigenvalue weighted by Gasteiger charge is -2.05. The number of carbonyl (C=O) groups is 2. The number of furan rings is 1. The molecule has 0 unspecified atom stereocenters. The Morgan fingerprint density at radius 3 is 2.83 bits per heavy atom. The van der Waals surface area contributed by atoms with Crippen LogP contribution in [0.5, 0.6) is 0 Å². The van der Waals surface area contributed by atoms with Crippen LogP contribution in [0.15, 0.2) is 33.3 Å². The highest BCUT2D eigenvalue weighted by Crippen LogP contribution is 2.47. The minimum absolute atomic E-state index is 0.252. The molecule has 2 heterocycles. The molecular weight excluding hydrogens is 362 g/mol. The van der Waals surface area contributed by atoms with Crippen molar-refractivity contribution in [3.05, 3.63) is 46.1 Å². The Morgan fingerprint density at radius 1 is 1.39 bits per heavy atom. The van der Waals surface area contributed by atoms with Crippen LogP contribution in [0.4, 0.5) is 0 Å². The Bertz CT molecular complexity index is 722. The summed E-state index contributed by atoms with van der Waals surface area (Å²) in [5.41, 5.74) is 5.13. The van der Waals surface area contributed by atoms with Crippen molar-refractivity contribution in [2.75, 3.05) is 0 Å². The fraction of sp³-hybridized carbons (Fsp3) is 0.375. The third-order valence-corrected chi connectivity index (χ3v) is 4.42. The molecule has 2 atom stereocenters. The number of carbonyl (C=O) groups excluding carboxylic acids is 2. The van der Waals surface area contributed by atoms with Gasteiger partial charge in [0, 0.05) is 29.4 Å².